The molecule has 36 heavy (non-hydrogen) atoms. The van der Waals surface area contributed by atoms with Crippen LogP contribution in [0.1, 0.15) is 37.5 Å². The number of carbonyl (C=O) groups excluding carboxylic acids is 1. The van der Waals surface area contributed by atoms with Crippen molar-refractivity contribution in [2.24, 2.45) is 5.73 Å². The fourth-order valence-corrected chi connectivity index (χ4v) is 5.68. The summed E-state index contributed by atoms with van der Waals surface area (Å²) in [5.41, 5.74) is 11.6. The Kier molecular flexibility index (Phi) is 8.93. The lowest BCUT2D eigenvalue weighted by Gasteiger charge is -2.27. The number of primary amides is 1. The molecule has 0 saturated carbocycles. The highest BCUT2D eigenvalue weighted by molar-refractivity contribution is 7.99. The molecule has 0 unspecified atom stereocenters. The molecule has 1 aromatic heterocycles. The van der Waals surface area contributed by atoms with E-state index in [1.807, 2.05) is 37.7 Å². The molecule has 0 spiro atoms. The molecule has 1 aliphatic rings. The maximum Gasteiger partial charge on any atom is 0.221 e. The summed E-state index contributed by atoms with van der Waals surface area (Å²) < 4.78 is 11.7. The van der Waals surface area contributed by atoms with Crippen LogP contribution in [0.5, 0.6) is 11.5 Å². The van der Waals surface area contributed by atoms with E-state index in [1.54, 1.807) is 6.20 Å². The molecular weight excluding hydrogens is 472 g/mol. The van der Waals surface area contributed by atoms with Crippen molar-refractivity contribution < 1.29 is 14.3 Å². The van der Waals surface area contributed by atoms with Crippen molar-refractivity contribution >= 4 is 39.9 Å². The third-order valence-electron chi connectivity index (χ3n) is 6.36. The predicted molar refractivity (Wildman–Crippen MR) is 149 cm³/mol. The van der Waals surface area contributed by atoms with Crippen LogP contribution in [0.15, 0.2) is 36.5 Å². The van der Waals surface area contributed by atoms with Gasteiger partial charge in [-0.15, -0.1) is 0 Å². The number of benzene rings is 2. The molecule has 8 heteroatoms. The number of anilines is 2. The van der Waals surface area contributed by atoms with E-state index in [1.165, 1.54) is 22.6 Å². The molecule has 1 saturated heterocycles. The summed E-state index contributed by atoms with van der Waals surface area (Å²) in [6.45, 7) is 10.3. The van der Waals surface area contributed by atoms with Crippen molar-refractivity contribution in [3.8, 4) is 11.5 Å². The van der Waals surface area contributed by atoms with E-state index in [4.69, 9.17) is 15.2 Å². The summed E-state index contributed by atoms with van der Waals surface area (Å²) in [5, 5.41) is 4.53. The molecule has 1 fully saturated rings. The zero-order chi connectivity index (χ0) is 25.5. The van der Waals surface area contributed by atoms with Gasteiger partial charge in [-0.05, 0) is 43.5 Å². The summed E-state index contributed by atoms with van der Waals surface area (Å²) >= 11 is 2.02. The summed E-state index contributed by atoms with van der Waals surface area (Å²) in [5.74, 6) is 3.28. The van der Waals surface area contributed by atoms with Crippen LogP contribution < -0.4 is 20.5 Å². The van der Waals surface area contributed by atoms with Crippen molar-refractivity contribution in [1.82, 2.24) is 9.88 Å². The highest BCUT2D eigenvalue weighted by atomic mass is 32.2. The van der Waals surface area contributed by atoms with Crippen LogP contribution in [0.2, 0.25) is 0 Å². The highest BCUT2D eigenvalue weighted by Crippen LogP contribution is 2.38. The Labute approximate surface area is 217 Å². The standard InChI is InChI=1S/C28H36N4O3S/c1-4-21-19(18-32-10-12-36-13-11-32)8-7-9-23(21)31-28-20(14-27(29)33)17-30-24-16-26(35-6-3)25(34-5-2)15-22(24)28/h7-9,15-17H,4-6,10-14,18H2,1-3H3,(H2,29,33)(H,30,31). The molecule has 0 radical (unpaired) electrons. The van der Waals surface area contributed by atoms with Crippen LogP contribution in [0, 0.1) is 0 Å². The Morgan fingerprint density at radius 3 is 2.47 bits per heavy atom. The van der Waals surface area contributed by atoms with Crippen LogP contribution >= 0.6 is 11.8 Å². The minimum Gasteiger partial charge on any atom is -0.490 e. The van der Waals surface area contributed by atoms with Gasteiger partial charge in [0, 0.05) is 60.0 Å². The minimum absolute atomic E-state index is 0.0923. The van der Waals surface area contributed by atoms with Gasteiger partial charge in [0.25, 0.3) is 0 Å². The van der Waals surface area contributed by atoms with E-state index >= 15 is 0 Å². The van der Waals surface area contributed by atoms with Gasteiger partial charge in [0.2, 0.25) is 5.91 Å². The summed E-state index contributed by atoms with van der Waals surface area (Å²) in [7, 11) is 0. The fraction of sp³-hybridized carbons (Fsp3) is 0.429. The number of hydrogen-bond donors (Lipinski definition) is 2. The maximum atomic E-state index is 11.9. The summed E-state index contributed by atoms with van der Waals surface area (Å²) in [6.07, 6.45) is 2.72. The lowest BCUT2D eigenvalue weighted by atomic mass is 10.0. The fourth-order valence-electron chi connectivity index (χ4n) is 4.70. The number of carbonyl (C=O) groups is 1. The van der Waals surface area contributed by atoms with Gasteiger partial charge in [-0.3, -0.25) is 14.7 Å². The van der Waals surface area contributed by atoms with Gasteiger partial charge < -0.3 is 20.5 Å². The third kappa shape index (κ3) is 6.05. The number of nitrogens with zero attached hydrogens (tertiary/aromatic N) is 2. The average molecular weight is 509 g/mol. The van der Waals surface area contributed by atoms with Crippen LogP contribution in [0.3, 0.4) is 0 Å². The van der Waals surface area contributed by atoms with Gasteiger partial charge in [0.15, 0.2) is 11.5 Å². The third-order valence-corrected chi connectivity index (χ3v) is 7.30. The molecular formula is C28H36N4O3S. The van der Waals surface area contributed by atoms with Crippen molar-refractivity contribution in [3.63, 3.8) is 0 Å². The molecule has 0 aliphatic carbocycles. The van der Waals surface area contributed by atoms with E-state index < -0.39 is 5.91 Å². The zero-order valence-electron chi connectivity index (χ0n) is 21.4. The zero-order valence-corrected chi connectivity index (χ0v) is 22.2. The van der Waals surface area contributed by atoms with Crippen molar-refractivity contribution in [1.29, 1.82) is 0 Å². The molecule has 0 bridgehead atoms. The Bertz CT molecular complexity index is 1210. The van der Waals surface area contributed by atoms with E-state index in [-0.39, 0.29) is 6.42 Å². The van der Waals surface area contributed by atoms with Crippen molar-refractivity contribution in [2.75, 3.05) is 43.1 Å². The summed E-state index contributed by atoms with van der Waals surface area (Å²) in [6, 6.07) is 10.3. The van der Waals surface area contributed by atoms with Gasteiger partial charge in [0.1, 0.15) is 0 Å². The smallest absolute Gasteiger partial charge is 0.221 e. The largest absolute Gasteiger partial charge is 0.490 e. The highest BCUT2D eigenvalue weighted by Gasteiger charge is 2.18. The second-order valence-electron chi connectivity index (χ2n) is 8.79. The minimum atomic E-state index is -0.400. The quantitative estimate of drug-likeness (QED) is 0.380. The average Bonchev–Trinajstić information content (AvgIpc) is 2.87. The number of rotatable bonds is 11. The number of pyridine rings is 1. The Morgan fingerprint density at radius 1 is 1.08 bits per heavy atom. The molecule has 3 aromatic rings. The van der Waals surface area contributed by atoms with Gasteiger partial charge in [-0.25, -0.2) is 0 Å². The first kappa shape index (κ1) is 26.1. The Hall–Kier alpha value is -2.97. The van der Waals surface area contributed by atoms with Crippen molar-refractivity contribution in [2.45, 2.75) is 40.2 Å². The lowest BCUT2D eigenvalue weighted by molar-refractivity contribution is -0.117. The topological polar surface area (TPSA) is 89.7 Å². The van der Waals surface area contributed by atoms with Crippen LogP contribution in [-0.2, 0) is 24.2 Å². The second-order valence-corrected chi connectivity index (χ2v) is 10.0. The first-order valence-corrected chi connectivity index (χ1v) is 13.9. The number of fused-ring (bicyclic) bond motifs is 1. The van der Waals surface area contributed by atoms with Gasteiger partial charge in [0.05, 0.1) is 30.8 Å². The molecule has 3 N–H and O–H groups in total. The lowest BCUT2D eigenvalue weighted by Crippen LogP contribution is -2.32. The first-order valence-electron chi connectivity index (χ1n) is 12.7. The summed E-state index contributed by atoms with van der Waals surface area (Å²) in [4.78, 5) is 19.1. The molecule has 2 aromatic carbocycles. The van der Waals surface area contributed by atoms with Gasteiger partial charge in [-0.2, -0.15) is 11.8 Å². The normalized spacial score (nSPS) is 14.1. The monoisotopic (exact) mass is 508 g/mol. The molecule has 4 rings (SSSR count). The predicted octanol–water partition coefficient (Wildman–Crippen LogP) is 4.91. The molecule has 2 heterocycles. The second kappa shape index (κ2) is 12.3. The number of aromatic nitrogens is 1. The number of amides is 1. The first-order chi connectivity index (χ1) is 17.5. The molecule has 192 valence electrons. The SMILES string of the molecule is CCOc1cc2ncc(CC(N)=O)c(Nc3cccc(CN4CCSCC4)c3CC)c2cc1OCC. The van der Waals surface area contributed by atoms with Gasteiger partial charge in [-0.1, -0.05) is 19.1 Å². The van der Waals surface area contributed by atoms with E-state index in [0.717, 1.165) is 53.9 Å². The molecule has 1 amide bonds. The number of hydrogen-bond acceptors (Lipinski definition) is 7. The van der Waals surface area contributed by atoms with E-state index in [2.05, 4.69) is 40.3 Å². The molecule has 7 nitrogen and oxygen atoms in total. The van der Waals surface area contributed by atoms with E-state index in [0.29, 0.717) is 24.7 Å². The number of nitrogens with two attached hydrogens (primary N) is 1. The van der Waals surface area contributed by atoms with Crippen LogP contribution in [-0.4, -0.2) is 53.6 Å². The number of nitrogens with one attached hydrogen (secondary N) is 1. The Morgan fingerprint density at radius 2 is 1.81 bits per heavy atom. The number of thioether (sulfide) groups is 1. The number of ether oxygens (including phenoxy) is 2. The van der Waals surface area contributed by atoms with Crippen LogP contribution in [0.4, 0.5) is 11.4 Å². The van der Waals surface area contributed by atoms with Gasteiger partial charge >= 0.3 is 0 Å². The Balaban J connectivity index is 1.80. The molecule has 0 atom stereocenters. The van der Waals surface area contributed by atoms with Crippen LogP contribution in [0.25, 0.3) is 10.9 Å². The van der Waals surface area contributed by atoms with Crippen molar-refractivity contribution in [3.05, 3.63) is 53.2 Å². The van der Waals surface area contributed by atoms with E-state index in [9.17, 15) is 4.79 Å². The molecule has 1 aliphatic heterocycles. The maximum absolute atomic E-state index is 11.9.